The van der Waals surface area contributed by atoms with Gasteiger partial charge >= 0.3 is 0 Å². The van der Waals surface area contributed by atoms with Crippen LogP contribution < -0.4 is 10.6 Å². The fourth-order valence-corrected chi connectivity index (χ4v) is 4.37. The van der Waals surface area contributed by atoms with Crippen LogP contribution in [-0.4, -0.2) is 87.9 Å². The molecule has 2 aliphatic rings. The van der Waals surface area contributed by atoms with E-state index in [1.54, 1.807) is 0 Å². The Kier molecular flexibility index (Phi) is 9.72. The van der Waals surface area contributed by atoms with Crippen molar-refractivity contribution >= 4 is 5.96 Å². The molecule has 0 spiro atoms. The molecule has 0 bridgehead atoms. The quantitative estimate of drug-likeness (QED) is 0.479. The van der Waals surface area contributed by atoms with Crippen LogP contribution >= 0.6 is 0 Å². The lowest BCUT2D eigenvalue weighted by Crippen LogP contribution is -2.53. The first kappa shape index (κ1) is 21.5. The number of ether oxygens (including phenoxy) is 1. The third-order valence-electron chi connectivity index (χ3n) is 6.19. The summed E-state index contributed by atoms with van der Waals surface area (Å²) in [5.41, 5.74) is 0. The maximum atomic E-state index is 5.55. The lowest BCUT2D eigenvalue weighted by molar-refractivity contribution is 0.00272. The van der Waals surface area contributed by atoms with Gasteiger partial charge in [0.25, 0.3) is 0 Å². The minimum atomic E-state index is 0.550. The highest BCUT2D eigenvalue weighted by Crippen LogP contribution is 2.19. The summed E-state index contributed by atoms with van der Waals surface area (Å²) in [6.45, 7) is 16.3. The third kappa shape index (κ3) is 6.39. The summed E-state index contributed by atoms with van der Waals surface area (Å²) < 4.78 is 5.55. The molecule has 152 valence electrons. The van der Waals surface area contributed by atoms with Gasteiger partial charge in [-0.1, -0.05) is 33.6 Å². The topological polar surface area (TPSA) is 52.1 Å². The fourth-order valence-electron chi connectivity index (χ4n) is 4.37. The number of guanidine groups is 1. The number of nitrogens with zero attached hydrogens (tertiary/aromatic N) is 3. The molecule has 0 saturated carbocycles. The fraction of sp³-hybridized carbons (Fsp3) is 0.950. The normalized spacial score (nSPS) is 24.2. The van der Waals surface area contributed by atoms with Crippen molar-refractivity contribution in [1.29, 1.82) is 0 Å². The molecule has 6 nitrogen and oxygen atoms in total. The zero-order valence-corrected chi connectivity index (χ0v) is 17.5. The van der Waals surface area contributed by atoms with Gasteiger partial charge in [-0.3, -0.25) is 9.89 Å². The first-order valence-electron chi connectivity index (χ1n) is 10.7. The van der Waals surface area contributed by atoms with Crippen molar-refractivity contribution in [2.75, 3.05) is 66.1 Å². The second-order valence-corrected chi connectivity index (χ2v) is 7.67. The van der Waals surface area contributed by atoms with Crippen molar-refractivity contribution in [3.63, 3.8) is 0 Å². The van der Waals surface area contributed by atoms with Gasteiger partial charge in [-0.05, 0) is 31.3 Å². The van der Waals surface area contributed by atoms with Gasteiger partial charge in [0, 0.05) is 45.8 Å². The van der Waals surface area contributed by atoms with Crippen molar-refractivity contribution < 1.29 is 4.74 Å². The Morgan fingerprint density at radius 3 is 2.42 bits per heavy atom. The van der Waals surface area contributed by atoms with E-state index in [0.717, 1.165) is 51.3 Å². The molecule has 2 heterocycles. The van der Waals surface area contributed by atoms with Gasteiger partial charge in [-0.15, -0.1) is 0 Å². The molecule has 2 saturated heterocycles. The molecule has 2 fully saturated rings. The van der Waals surface area contributed by atoms with Crippen LogP contribution in [0.2, 0.25) is 0 Å². The van der Waals surface area contributed by atoms with Crippen LogP contribution in [-0.2, 0) is 4.74 Å². The van der Waals surface area contributed by atoms with Crippen LogP contribution in [0.4, 0.5) is 0 Å². The molecular formula is C20H41N5O. The molecule has 6 heteroatoms. The second-order valence-electron chi connectivity index (χ2n) is 7.67. The van der Waals surface area contributed by atoms with E-state index in [-0.39, 0.29) is 0 Å². The van der Waals surface area contributed by atoms with Crippen LogP contribution in [0.15, 0.2) is 4.99 Å². The summed E-state index contributed by atoms with van der Waals surface area (Å²) >= 11 is 0. The summed E-state index contributed by atoms with van der Waals surface area (Å²) in [5.74, 6) is 2.40. The highest BCUT2D eigenvalue weighted by Gasteiger charge is 2.27. The number of likely N-dealkylation sites (tertiary alicyclic amines) is 1. The molecule has 2 rings (SSSR count). The second kappa shape index (κ2) is 11.8. The highest BCUT2D eigenvalue weighted by molar-refractivity contribution is 5.79. The smallest absolute Gasteiger partial charge is 0.191 e. The Hall–Kier alpha value is -0.850. The first-order chi connectivity index (χ1) is 12.7. The summed E-state index contributed by atoms with van der Waals surface area (Å²) in [6.07, 6.45) is 3.74. The van der Waals surface area contributed by atoms with Crippen molar-refractivity contribution in [3.05, 3.63) is 0 Å². The zero-order chi connectivity index (χ0) is 18.8. The van der Waals surface area contributed by atoms with Crippen molar-refractivity contribution in [3.8, 4) is 0 Å². The highest BCUT2D eigenvalue weighted by atomic mass is 16.5. The first-order valence-corrected chi connectivity index (χ1v) is 10.7. The summed E-state index contributed by atoms with van der Waals surface area (Å²) in [4.78, 5) is 9.59. The van der Waals surface area contributed by atoms with E-state index < -0.39 is 0 Å². The van der Waals surface area contributed by atoms with Gasteiger partial charge in [0.2, 0.25) is 0 Å². The predicted molar refractivity (Wildman–Crippen MR) is 110 cm³/mol. The maximum absolute atomic E-state index is 5.55. The average Bonchev–Trinajstić information content (AvgIpc) is 3.16. The van der Waals surface area contributed by atoms with Crippen LogP contribution in [0.25, 0.3) is 0 Å². The third-order valence-corrected chi connectivity index (χ3v) is 6.19. The number of rotatable bonds is 9. The minimum Gasteiger partial charge on any atom is -0.379 e. The number of nitrogens with one attached hydrogen (secondary N) is 2. The summed E-state index contributed by atoms with van der Waals surface area (Å²) in [6, 6.07) is 0.550. The zero-order valence-electron chi connectivity index (χ0n) is 17.5. The van der Waals surface area contributed by atoms with Crippen molar-refractivity contribution in [1.82, 2.24) is 20.4 Å². The van der Waals surface area contributed by atoms with Gasteiger partial charge in [0.05, 0.1) is 13.2 Å². The molecule has 0 aromatic heterocycles. The lowest BCUT2D eigenvalue weighted by atomic mass is 9.92. The Bertz CT molecular complexity index is 407. The van der Waals surface area contributed by atoms with Crippen LogP contribution in [0.5, 0.6) is 0 Å². The van der Waals surface area contributed by atoms with Crippen molar-refractivity contribution in [2.45, 2.75) is 46.1 Å². The number of morpholine rings is 1. The molecule has 2 atom stereocenters. The minimum absolute atomic E-state index is 0.550. The average molecular weight is 368 g/mol. The number of hydrogen-bond acceptors (Lipinski definition) is 4. The molecule has 0 amide bonds. The summed E-state index contributed by atoms with van der Waals surface area (Å²) in [5, 5.41) is 7.17. The van der Waals surface area contributed by atoms with E-state index in [4.69, 9.17) is 4.74 Å². The Morgan fingerprint density at radius 2 is 1.85 bits per heavy atom. The molecular weight excluding hydrogens is 326 g/mol. The van der Waals surface area contributed by atoms with Crippen LogP contribution in [0.1, 0.15) is 40.0 Å². The summed E-state index contributed by atoms with van der Waals surface area (Å²) in [7, 11) is 1.88. The van der Waals surface area contributed by atoms with E-state index >= 15 is 0 Å². The standard InChI is InChI=1S/C20H41N5O/c1-5-18(6-2)19(25-10-12-26-13-11-25)15-23-20(21-4)22-14-17-8-9-24(7-3)16-17/h17-19H,5-16H2,1-4H3,(H2,21,22,23). The predicted octanol–water partition coefficient (Wildman–Crippen LogP) is 1.63. The molecule has 2 unspecified atom stereocenters. The molecule has 0 aliphatic carbocycles. The van der Waals surface area contributed by atoms with Gasteiger partial charge in [-0.25, -0.2) is 0 Å². The van der Waals surface area contributed by atoms with Gasteiger partial charge in [0.1, 0.15) is 0 Å². The molecule has 0 radical (unpaired) electrons. The van der Waals surface area contributed by atoms with E-state index in [1.807, 2.05) is 7.05 Å². The number of hydrogen-bond donors (Lipinski definition) is 2. The largest absolute Gasteiger partial charge is 0.379 e. The SMILES string of the molecule is CCC(CC)C(CNC(=NC)NCC1CCN(CC)C1)N1CCOCC1. The van der Waals surface area contributed by atoms with E-state index in [2.05, 4.69) is 46.2 Å². The Morgan fingerprint density at radius 1 is 1.12 bits per heavy atom. The molecule has 2 N–H and O–H groups in total. The lowest BCUT2D eigenvalue weighted by Gasteiger charge is -2.39. The molecule has 0 aromatic rings. The maximum Gasteiger partial charge on any atom is 0.191 e. The van der Waals surface area contributed by atoms with Crippen molar-refractivity contribution in [2.24, 2.45) is 16.8 Å². The van der Waals surface area contributed by atoms with Crippen LogP contribution in [0.3, 0.4) is 0 Å². The number of aliphatic imine (C=N–C) groups is 1. The van der Waals surface area contributed by atoms with E-state index in [0.29, 0.717) is 12.0 Å². The molecule has 2 aliphatic heterocycles. The van der Waals surface area contributed by atoms with Gasteiger partial charge < -0.3 is 20.3 Å². The molecule has 26 heavy (non-hydrogen) atoms. The monoisotopic (exact) mass is 367 g/mol. The van der Waals surface area contributed by atoms with E-state index in [1.165, 1.54) is 38.9 Å². The Labute approximate surface area is 160 Å². The van der Waals surface area contributed by atoms with Crippen LogP contribution in [0, 0.1) is 11.8 Å². The van der Waals surface area contributed by atoms with E-state index in [9.17, 15) is 0 Å². The molecule has 0 aromatic carbocycles. The van der Waals surface area contributed by atoms with Gasteiger partial charge in [0.15, 0.2) is 5.96 Å². The Balaban J connectivity index is 1.82. The van der Waals surface area contributed by atoms with Gasteiger partial charge in [-0.2, -0.15) is 0 Å².